The van der Waals surface area contributed by atoms with Gasteiger partial charge in [0.05, 0.1) is 0 Å². The largest absolute Gasteiger partial charge is 0.480 e. The van der Waals surface area contributed by atoms with Crippen LogP contribution in [-0.2, 0) is 4.79 Å². The normalized spacial score (nSPS) is 16.7. The van der Waals surface area contributed by atoms with E-state index < -0.39 is 12.0 Å². The number of nitrogens with one attached hydrogen (secondary N) is 2. The lowest BCUT2D eigenvalue weighted by atomic mass is 9.83. The minimum absolute atomic E-state index is 0.372. The predicted octanol–water partition coefficient (Wildman–Crippen LogP) is 1.68. The van der Waals surface area contributed by atoms with Crippen molar-refractivity contribution in [1.29, 1.82) is 0 Å². The second kappa shape index (κ2) is 8.24. The Kier molecular flexibility index (Phi) is 6.93. The number of carbonyl (C=O) groups is 2. The van der Waals surface area contributed by atoms with E-state index in [1.807, 2.05) is 6.26 Å². The zero-order chi connectivity index (χ0) is 13.4. The number of urea groups is 1. The fourth-order valence-electron chi connectivity index (χ4n) is 1.87. The lowest BCUT2D eigenvalue weighted by molar-refractivity contribution is -0.139. The highest BCUT2D eigenvalue weighted by atomic mass is 32.2. The molecule has 0 aliphatic heterocycles. The molecule has 1 saturated carbocycles. The second-order valence-electron chi connectivity index (χ2n) is 4.66. The summed E-state index contributed by atoms with van der Waals surface area (Å²) in [6.07, 6.45) is 7.18. The average molecular weight is 274 g/mol. The third kappa shape index (κ3) is 5.62. The van der Waals surface area contributed by atoms with E-state index in [1.165, 1.54) is 19.3 Å². The quantitative estimate of drug-likeness (QED) is 0.629. The van der Waals surface area contributed by atoms with Crippen LogP contribution in [0.15, 0.2) is 0 Å². The summed E-state index contributed by atoms with van der Waals surface area (Å²) in [5.74, 6) is 0.495. The van der Waals surface area contributed by atoms with Gasteiger partial charge in [0, 0.05) is 6.54 Å². The van der Waals surface area contributed by atoms with Crippen LogP contribution < -0.4 is 10.6 Å². The first-order chi connectivity index (χ1) is 8.63. The van der Waals surface area contributed by atoms with Crippen molar-refractivity contribution in [2.75, 3.05) is 18.6 Å². The Hall–Kier alpha value is -0.910. The van der Waals surface area contributed by atoms with Crippen LogP contribution in [0.5, 0.6) is 0 Å². The first-order valence-corrected chi connectivity index (χ1v) is 7.79. The van der Waals surface area contributed by atoms with Crippen molar-refractivity contribution < 1.29 is 14.7 Å². The molecule has 0 aromatic rings. The van der Waals surface area contributed by atoms with Crippen molar-refractivity contribution in [3.05, 3.63) is 0 Å². The maximum absolute atomic E-state index is 11.5. The monoisotopic (exact) mass is 274 g/mol. The van der Waals surface area contributed by atoms with Gasteiger partial charge in [-0.15, -0.1) is 0 Å². The lowest BCUT2D eigenvalue weighted by Crippen LogP contribution is -2.46. The van der Waals surface area contributed by atoms with Crippen molar-refractivity contribution in [2.24, 2.45) is 5.92 Å². The Labute approximate surface area is 112 Å². The summed E-state index contributed by atoms with van der Waals surface area (Å²) in [6, 6.07) is -1.16. The van der Waals surface area contributed by atoms with Crippen LogP contribution in [0.2, 0.25) is 0 Å². The van der Waals surface area contributed by atoms with E-state index in [0.29, 0.717) is 13.0 Å². The summed E-state index contributed by atoms with van der Waals surface area (Å²) in [6.45, 7) is 0.630. The molecule has 1 aliphatic carbocycles. The van der Waals surface area contributed by atoms with Crippen molar-refractivity contribution in [3.63, 3.8) is 0 Å². The van der Waals surface area contributed by atoms with Crippen LogP contribution in [0, 0.1) is 5.92 Å². The molecule has 6 heteroatoms. The average Bonchev–Trinajstić information content (AvgIpc) is 2.27. The van der Waals surface area contributed by atoms with Gasteiger partial charge in [0.25, 0.3) is 0 Å². The maximum Gasteiger partial charge on any atom is 0.326 e. The molecule has 0 radical (unpaired) electrons. The molecular weight excluding hydrogens is 252 g/mol. The first kappa shape index (κ1) is 15.1. The molecule has 1 atom stereocenters. The van der Waals surface area contributed by atoms with Gasteiger partial charge >= 0.3 is 12.0 Å². The zero-order valence-corrected chi connectivity index (χ0v) is 11.6. The van der Waals surface area contributed by atoms with E-state index in [2.05, 4.69) is 10.6 Å². The van der Waals surface area contributed by atoms with Gasteiger partial charge in [-0.1, -0.05) is 19.3 Å². The molecule has 104 valence electrons. The van der Waals surface area contributed by atoms with Crippen molar-refractivity contribution in [2.45, 2.75) is 38.1 Å². The van der Waals surface area contributed by atoms with Gasteiger partial charge in [-0.25, -0.2) is 9.59 Å². The smallest absolute Gasteiger partial charge is 0.326 e. The summed E-state index contributed by atoms with van der Waals surface area (Å²) < 4.78 is 0. The number of thioether (sulfide) groups is 1. The molecule has 0 heterocycles. The number of hydrogen-bond donors (Lipinski definition) is 3. The Morgan fingerprint density at radius 1 is 1.44 bits per heavy atom. The lowest BCUT2D eigenvalue weighted by Gasteiger charge is -2.25. The zero-order valence-electron chi connectivity index (χ0n) is 10.8. The predicted molar refractivity (Wildman–Crippen MR) is 72.9 cm³/mol. The van der Waals surface area contributed by atoms with E-state index in [9.17, 15) is 9.59 Å². The molecule has 0 spiro atoms. The van der Waals surface area contributed by atoms with E-state index in [0.717, 1.165) is 18.1 Å². The van der Waals surface area contributed by atoms with E-state index in [1.54, 1.807) is 11.8 Å². The summed E-state index contributed by atoms with van der Waals surface area (Å²) in [5, 5.41) is 14.2. The third-order valence-corrected chi connectivity index (χ3v) is 3.92. The van der Waals surface area contributed by atoms with E-state index >= 15 is 0 Å². The Morgan fingerprint density at radius 2 is 2.17 bits per heavy atom. The number of amides is 2. The van der Waals surface area contributed by atoms with Gasteiger partial charge in [-0.05, 0) is 30.8 Å². The van der Waals surface area contributed by atoms with Gasteiger partial charge in [0.15, 0.2) is 0 Å². The summed E-state index contributed by atoms with van der Waals surface area (Å²) in [5.41, 5.74) is 0. The Bertz CT molecular complexity index is 282. The molecule has 0 bridgehead atoms. The number of carbonyl (C=O) groups excluding carboxylic acids is 1. The highest BCUT2D eigenvalue weighted by Crippen LogP contribution is 2.28. The molecule has 0 aromatic carbocycles. The summed E-state index contributed by atoms with van der Waals surface area (Å²) in [4.78, 5) is 22.4. The van der Waals surface area contributed by atoms with Crippen LogP contribution in [0.1, 0.15) is 32.1 Å². The molecule has 2 amide bonds. The van der Waals surface area contributed by atoms with Crippen molar-refractivity contribution in [1.82, 2.24) is 10.6 Å². The fourth-order valence-corrected chi connectivity index (χ4v) is 2.35. The number of carboxylic acid groups (broad SMARTS) is 1. The van der Waals surface area contributed by atoms with Gasteiger partial charge in [-0.2, -0.15) is 11.8 Å². The Morgan fingerprint density at radius 3 is 2.67 bits per heavy atom. The standard InChI is InChI=1S/C12H22N2O3S/c1-18-8-6-10(11(15)16)14-12(17)13-7-5-9-3-2-4-9/h9-10H,2-8H2,1H3,(H,15,16)(H2,13,14,17). The second-order valence-corrected chi connectivity index (χ2v) is 5.64. The Balaban J connectivity index is 2.16. The number of hydrogen-bond acceptors (Lipinski definition) is 3. The van der Waals surface area contributed by atoms with Crippen LogP contribution in [0.3, 0.4) is 0 Å². The van der Waals surface area contributed by atoms with Crippen LogP contribution in [0.4, 0.5) is 4.79 Å². The minimum atomic E-state index is -0.974. The highest BCUT2D eigenvalue weighted by molar-refractivity contribution is 7.98. The molecule has 3 N–H and O–H groups in total. The van der Waals surface area contributed by atoms with Gasteiger partial charge in [0.1, 0.15) is 6.04 Å². The molecule has 1 unspecified atom stereocenters. The third-order valence-electron chi connectivity index (χ3n) is 3.28. The molecule has 1 aliphatic rings. The van der Waals surface area contributed by atoms with Gasteiger partial charge in [-0.3, -0.25) is 0 Å². The van der Waals surface area contributed by atoms with Crippen LogP contribution in [-0.4, -0.2) is 41.7 Å². The topological polar surface area (TPSA) is 78.4 Å². The summed E-state index contributed by atoms with van der Waals surface area (Å²) in [7, 11) is 0. The van der Waals surface area contributed by atoms with E-state index in [4.69, 9.17) is 5.11 Å². The SMILES string of the molecule is CSCCC(NC(=O)NCCC1CCC1)C(=O)O. The van der Waals surface area contributed by atoms with Gasteiger partial charge < -0.3 is 15.7 Å². The first-order valence-electron chi connectivity index (χ1n) is 6.39. The maximum atomic E-state index is 11.5. The molecule has 0 aromatic heterocycles. The number of aliphatic carboxylic acids is 1. The van der Waals surface area contributed by atoms with Crippen LogP contribution in [0.25, 0.3) is 0 Å². The molecular formula is C12H22N2O3S. The number of rotatable bonds is 8. The molecule has 0 saturated heterocycles. The fraction of sp³-hybridized carbons (Fsp3) is 0.833. The number of carboxylic acids is 1. The van der Waals surface area contributed by atoms with Gasteiger partial charge in [0.2, 0.25) is 0 Å². The highest BCUT2D eigenvalue weighted by Gasteiger charge is 2.20. The van der Waals surface area contributed by atoms with Crippen molar-refractivity contribution in [3.8, 4) is 0 Å². The minimum Gasteiger partial charge on any atom is -0.480 e. The molecule has 18 heavy (non-hydrogen) atoms. The molecule has 5 nitrogen and oxygen atoms in total. The van der Waals surface area contributed by atoms with Crippen molar-refractivity contribution >= 4 is 23.8 Å². The summed E-state index contributed by atoms with van der Waals surface area (Å²) >= 11 is 1.57. The molecule has 1 rings (SSSR count). The van der Waals surface area contributed by atoms with Crippen LogP contribution >= 0.6 is 11.8 Å². The molecule has 1 fully saturated rings. The van der Waals surface area contributed by atoms with E-state index in [-0.39, 0.29) is 6.03 Å².